The monoisotopic (exact) mass is 368 g/mol. The zero-order valence-electron chi connectivity index (χ0n) is 16.1. The van der Waals surface area contributed by atoms with E-state index in [0.717, 1.165) is 38.1 Å². The number of anilines is 1. The molecule has 2 aromatic carbocycles. The number of nitrogens with one attached hydrogen (secondary N) is 1. The second kappa shape index (κ2) is 9.53. The molecule has 0 aliphatic carbocycles. The lowest BCUT2D eigenvalue weighted by atomic mass is 10.1. The number of hydrogen-bond acceptors (Lipinski definition) is 4. The molecular weight excluding hydrogens is 340 g/mol. The van der Waals surface area contributed by atoms with Crippen molar-refractivity contribution in [1.29, 1.82) is 0 Å². The van der Waals surface area contributed by atoms with Gasteiger partial charge in [0.1, 0.15) is 5.75 Å². The number of ether oxygens (including phenoxy) is 2. The van der Waals surface area contributed by atoms with E-state index in [1.54, 1.807) is 7.11 Å². The summed E-state index contributed by atoms with van der Waals surface area (Å²) < 4.78 is 11.1. The van der Waals surface area contributed by atoms with Gasteiger partial charge in [-0.1, -0.05) is 36.4 Å². The molecule has 1 aliphatic heterocycles. The van der Waals surface area contributed by atoms with E-state index in [1.807, 2.05) is 43.3 Å². The average molecular weight is 368 g/mol. The second-order valence-corrected chi connectivity index (χ2v) is 7.04. The number of aryl methyl sites for hydroxylation is 1. The Bertz CT molecular complexity index is 742. The fourth-order valence-corrected chi connectivity index (χ4v) is 3.42. The molecular formula is C22H28N2O3. The molecule has 1 fully saturated rings. The average Bonchev–Trinajstić information content (AvgIpc) is 3.15. The summed E-state index contributed by atoms with van der Waals surface area (Å²) in [6.45, 7) is 4.60. The Morgan fingerprint density at radius 3 is 2.78 bits per heavy atom. The molecule has 0 radical (unpaired) electrons. The summed E-state index contributed by atoms with van der Waals surface area (Å²) in [5.74, 6) is 0.621. The van der Waals surface area contributed by atoms with E-state index in [4.69, 9.17) is 9.47 Å². The van der Waals surface area contributed by atoms with Gasteiger partial charge in [0.2, 0.25) is 5.91 Å². The van der Waals surface area contributed by atoms with Gasteiger partial charge >= 0.3 is 0 Å². The van der Waals surface area contributed by atoms with Crippen LogP contribution in [0.25, 0.3) is 0 Å². The molecule has 2 aromatic rings. The van der Waals surface area contributed by atoms with Crippen molar-refractivity contribution in [3.63, 3.8) is 0 Å². The molecule has 27 heavy (non-hydrogen) atoms. The van der Waals surface area contributed by atoms with E-state index in [2.05, 4.69) is 22.3 Å². The fraction of sp³-hybridized carbons (Fsp3) is 0.409. The third-order valence-corrected chi connectivity index (χ3v) is 4.73. The van der Waals surface area contributed by atoms with Crippen LogP contribution >= 0.6 is 0 Å². The highest BCUT2D eigenvalue weighted by molar-refractivity contribution is 5.93. The lowest BCUT2D eigenvalue weighted by Crippen LogP contribution is -2.38. The van der Waals surface area contributed by atoms with Gasteiger partial charge in [0, 0.05) is 19.7 Å². The van der Waals surface area contributed by atoms with Crippen LogP contribution in [0.15, 0.2) is 48.5 Å². The molecule has 1 aliphatic rings. The van der Waals surface area contributed by atoms with Gasteiger partial charge < -0.3 is 14.8 Å². The van der Waals surface area contributed by atoms with Crippen LogP contribution in [0, 0.1) is 6.92 Å². The van der Waals surface area contributed by atoms with Gasteiger partial charge in [0.05, 0.1) is 25.4 Å². The van der Waals surface area contributed by atoms with Gasteiger partial charge in [0.25, 0.3) is 0 Å². The van der Waals surface area contributed by atoms with Gasteiger partial charge in [-0.25, -0.2) is 0 Å². The zero-order chi connectivity index (χ0) is 19.1. The highest BCUT2D eigenvalue weighted by Gasteiger charge is 2.21. The van der Waals surface area contributed by atoms with E-state index in [-0.39, 0.29) is 12.0 Å². The largest absolute Gasteiger partial charge is 0.495 e. The minimum Gasteiger partial charge on any atom is -0.495 e. The molecule has 1 heterocycles. The maximum Gasteiger partial charge on any atom is 0.238 e. The van der Waals surface area contributed by atoms with Crippen LogP contribution in [0.5, 0.6) is 5.75 Å². The summed E-state index contributed by atoms with van der Waals surface area (Å²) in [5.41, 5.74) is 2.97. The quantitative estimate of drug-likeness (QED) is 0.773. The van der Waals surface area contributed by atoms with Gasteiger partial charge in [-0.2, -0.15) is 0 Å². The molecule has 0 spiro atoms. The number of carbonyl (C=O) groups is 1. The Hall–Kier alpha value is -2.37. The first kappa shape index (κ1) is 19.4. The number of rotatable bonds is 8. The third-order valence-electron chi connectivity index (χ3n) is 4.73. The van der Waals surface area contributed by atoms with Crippen molar-refractivity contribution < 1.29 is 14.3 Å². The highest BCUT2D eigenvalue weighted by Crippen LogP contribution is 2.25. The molecule has 144 valence electrons. The number of carbonyl (C=O) groups excluding carboxylic acids is 1. The van der Waals surface area contributed by atoms with Crippen LogP contribution in [0.1, 0.15) is 24.0 Å². The molecule has 0 bridgehead atoms. The van der Waals surface area contributed by atoms with Crippen LogP contribution in [-0.2, 0) is 16.1 Å². The zero-order valence-corrected chi connectivity index (χ0v) is 16.1. The SMILES string of the molecule is COc1ccc(C)cc1NC(=O)CN(Cc1ccccc1)CC1CCCO1. The molecule has 0 aromatic heterocycles. The third kappa shape index (κ3) is 5.81. The predicted molar refractivity (Wildman–Crippen MR) is 107 cm³/mol. The lowest BCUT2D eigenvalue weighted by molar-refractivity contribution is -0.117. The first-order valence-electron chi connectivity index (χ1n) is 9.46. The van der Waals surface area contributed by atoms with Crippen LogP contribution in [-0.4, -0.2) is 43.7 Å². The topological polar surface area (TPSA) is 50.8 Å². The Balaban J connectivity index is 1.66. The number of amides is 1. The number of nitrogens with zero attached hydrogens (tertiary/aromatic N) is 1. The summed E-state index contributed by atoms with van der Waals surface area (Å²) in [6.07, 6.45) is 2.35. The Kier molecular flexibility index (Phi) is 6.85. The maximum atomic E-state index is 12.7. The Labute approximate surface area is 161 Å². The summed E-state index contributed by atoms with van der Waals surface area (Å²) in [4.78, 5) is 14.9. The van der Waals surface area contributed by atoms with Crippen LogP contribution in [0.4, 0.5) is 5.69 Å². The molecule has 3 rings (SSSR count). The van der Waals surface area contributed by atoms with E-state index in [9.17, 15) is 4.79 Å². The van der Waals surface area contributed by atoms with Crippen molar-refractivity contribution >= 4 is 11.6 Å². The lowest BCUT2D eigenvalue weighted by Gasteiger charge is -2.25. The normalized spacial score (nSPS) is 16.5. The van der Waals surface area contributed by atoms with Gasteiger partial charge in [-0.05, 0) is 43.0 Å². The van der Waals surface area contributed by atoms with Crippen molar-refractivity contribution in [2.24, 2.45) is 0 Å². The molecule has 1 amide bonds. The molecule has 0 saturated carbocycles. The Morgan fingerprint density at radius 2 is 2.07 bits per heavy atom. The van der Waals surface area contributed by atoms with Gasteiger partial charge in [-0.15, -0.1) is 0 Å². The van der Waals surface area contributed by atoms with Crippen molar-refractivity contribution in [2.45, 2.75) is 32.4 Å². The van der Waals surface area contributed by atoms with E-state index < -0.39 is 0 Å². The minimum absolute atomic E-state index is 0.0483. The van der Waals surface area contributed by atoms with Gasteiger partial charge in [-0.3, -0.25) is 9.69 Å². The molecule has 1 atom stereocenters. The number of benzene rings is 2. The minimum atomic E-state index is -0.0483. The molecule has 1 saturated heterocycles. The number of methoxy groups -OCH3 is 1. The standard InChI is InChI=1S/C22H28N2O3/c1-17-10-11-21(26-2)20(13-17)23-22(25)16-24(15-19-9-6-12-27-19)14-18-7-4-3-5-8-18/h3-5,7-8,10-11,13,19H,6,9,12,14-16H2,1-2H3,(H,23,25). The van der Waals surface area contributed by atoms with Crippen LogP contribution in [0.3, 0.4) is 0 Å². The van der Waals surface area contributed by atoms with Crippen LogP contribution in [0.2, 0.25) is 0 Å². The van der Waals surface area contributed by atoms with Crippen molar-refractivity contribution in [1.82, 2.24) is 4.90 Å². The molecule has 1 unspecified atom stereocenters. The summed E-state index contributed by atoms with van der Waals surface area (Å²) in [7, 11) is 1.61. The first-order valence-corrected chi connectivity index (χ1v) is 9.46. The van der Waals surface area contributed by atoms with E-state index in [1.165, 1.54) is 5.56 Å². The molecule has 5 nitrogen and oxygen atoms in total. The molecule has 5 heteroatoms. The molecule has 1 N–H and O–H groups in total. The summed E-state index contributed by atoms with van der Waals surface area (Å²) in [5, 5.41) is 3.00. The summed E-state index contributed by atoms with van der Waals surface area (Å²) >= 11 is 0. The van der Waals surface area contributed by atoms with Crippen molar-refractivity contribution in [3.05, 3.63) is 59.7 Å². The first-order chi connectivity index (χ1) is 13.1. The highest BCUT2D eigenvalue weighted by atomic mass is 16.5. The van der Waals surface area contributed by atoms with Gasteiger partial charge in [0.15, 0.2) is 0 Å². The summed E-state index contributed by atoms with van der Waals surface area (Å²) in [6, 6.07) is 16.0. The van der Waals surface area contributed by atoms with E-state index >= 15 is 0 Å². The Morgan fingerprint density at radius 1 is 1.26 bits per heavy atom. The maximum absolute atomic E-state index is 12.7. The predicted octanol–water partition coefficient (Wildman–Crippen LogP) is 3.62. The smallest absolute Gasteiger partial charge is 0.238 e. The van der Waals surface area contributed by atoms with E-state index in [0.29, 0.717) is 18.0 Å². The van der Waals surface area contributed by atoms with Crippen molar-refractivity contribution in [3.8, 4) is 5.75 Å². The number of hydrogen-bond donors (Lipinski definition) is 1. The fourth-order valence-electron chi connectivity index (χ4n) is 3.42. The van der Waals surface area contributed by atoms with Crippen molar-refractivity contribution in [2.75, 3.05) is 32.1 Å². The van der Waals surface area contributed by atoms with Crippen LogP contribution < -0.4 is 10.1 Å². The second-order valence-electron chi connectivity index (χ2n) is 7.04.